The van der Waals surface area contributed by atoms with E-state index in [-0.39, 0.29) is 23.9 Å². The van der Waals surface area contributed by atoms with Crippen LogP contribution in [0.5, 0.6) is 11.5 Å². The summed E-state index contributed by atoms with van der Waals surface area (Å²) in [5, 5.41) is 11.4. The first-order valence-corrected chi connectivity index (χ1v) is 12.0. The summed E-state index contributed by atoms with van der Waals surface area (Å²) in [7, 11) is 2.95. The number of likely N-dealkylation sites (tertiary alicyclic amines) is 1. The Morgan fingerprint density at radius 1 is 1.28 bits per heavy atom. The number of Topliss-reactive ketones (excluding diaryl/α,β-unsaturated/α-hetero) is 1. The smallest absolute Gasteiger partial charge is 0.305 e. The number of aromatic hydroxyl groups is 1. The molecule has 1 aromatic carbocycles. The van der Waals surface area contributed by atoms with E-state index in [1.165, 1.54) is 20.0 Å². The summed E-state index contributed by atoms with van der Waals surface area (Å²) >= 11 is 0. The van der Waals surface area contributed by atoms with Gasteiger partial charge in [0.2, 0.25) is 0 Å². The number of methoxy groups -OCH3 is 2. The summed E-state index contributed by atoms with van der Waals surface area (Å²) < 4.78 is 10.4. The van der Waals surface area contributed by atoms with Crippen LogP contribution < -0.4 is 4.74 Å². The van der Waals surface area contributed by atoms with Gasteiger partial charge in [0.15, 0.2) is 11.5 Å². The number of benzene rings is 1. The summed E-state index contributed by atoms with van der Waals surface area (Å²) in [5.41, 5.74) is 2.43. The van der Waals surface area contributed by atoms with Gasteiger partial charge in [-0.2, -0.15) is 0 Å². The standard InChI is InChI=1S/C26H37NO5/c1-16-19(7-10-23(29)32-4)13-22(31-3)25(30)24(16)26-11-12-27(15-18-5-6-18)17(2)21(26)9-8-20(28)14-26/h13,17-18,21,30H,5-12,14-15H2,1-4H3/t17?,21?,26-/m1/s1. The molecule has 0 aromatic heterocycles. The average Bonchev–Trinajstić information content (AvgIpc) is 3.59. The molecular formula is C26H37NO5. The van der Waals surface area contributed by atoms with Crippen molar-refractivity contribution in [3.05, 3.63) is 22.8 Å². The largest absolute Gasteiger partial charge is 0.504 e. The quantitative estimate of drug-likeness (QED) is 0.644. The molecule has 4 rings (SSSR count). The Morgan fingerprint density at radius 3 is 2.69 bits per heavy atom. The van der Waals surface area contributed by atoms with Gasteiger partial charge in [0.05, 0.1) is 14.2 Å². The van der Waals surface area contributed by atoms with Gasteiger partial charge < -0.3 is 19.5 Å². The zero-order valence-electron chi connectivity index (χ0n) is 19.9. The van der Waals surface area contributed by atoms with Crippen LogP contribution in [0.25, 0.3) is 0 Å². The van der Waals surface area contributed by atoms with Crippen LogP contribution in [-0.2, 0) is 26.2 Å². The molecule has 32 heavy (non-hydrogen) atoms. The molecule has 6 nitrogen and oxygen atoms in total. The minimum atomic E-state index is -0.391. The van der Waals surface area contributed by atoms with Crippen LogP contribution in [0, 0.1) is 18.8 Å². The number of ether oxygens (including phenoxy) is 2. The lowest BCUT2D eigenvalue weighted by Crippen LogP contribution is -2.58. The maximum Gasteiger partial charge on any atom is 0.305 e. The fraction of sp³-hybridized carbons (Fsp3) is 0.692. The predicted molar refractivity (Wildman–Crippen MR) is 122 cm³/mol. The number of carbonyl (C=O) groups excluding carboxylic acids is 2. The van der Waals surface area contributed by atoms with Gasteiger partial charge in [-0.25, -0.2) is 0 Å². The van der Waals surface area contributed by atoms with E-state index >= 15 is 0 Å². The normalized spacial score (nSPS) is 28.3. The van der Waals surface area contributed by atoms with Crippen molar-refractivity contribution in [3.8, 4) is 11.5 Å². The predicted octanol–water partition coefficient (Wildman–Crippen LogP) is 3.93. The maximum absolute atomic E-state index is 12.8. The average molecular weight is 444 g/mol. The zero-order chi connectivity index (χ0) is 23.0. The Balaban J connectivity index is 1.77. The molecule has 0 bridgehead atoms. The molecule has 1 aromatic rings. The Kier molecular flexibility index (Phi) is 6.53. The second-order valence-corrected chi connectivity index (χ2v) is 10.1. The molecule has 1 heterocycles. The second kappa shape index (κ2) is 9.05. The van der Waals surface area contributed by atoms with Gasteiger partial charge in [0.1, 0.15) is 5.78 Å². The molecule has 176 valence electrons. The molecule has 3 atom stereocenters. The Morgan fingerprint density at radius 2 is 2.03 bits per heavy atom. The highest BCUT2D eigenvalue weighted by Crippen LogP contribution is 2.56. The van der Waals surface area contributed by atoms with Gasteiger partial charge in [0, 0.05) is 42.8 Å². The van der Waals surface area contributed by atoms with Crippen LogP contribution in [0.2, 0.25) is 0 Å². The van der Waals surface area contributed by atoms with Gasteiger partial charge in [-0.15, -0.1) is 0 Å². The number of ketones is 1. The molecule has 2 aliphatic carbocycles. The zero-order valence-corrected chi connectivity index (χ0v) is 19.9. The van der Waals surface area contributed by atoms with Crippen LogP contribution in [0.15, 0.2) is 6.07 Å². The van der Waals surface area contributed by atoms with E-state index in [2.05, 4.69) is 11.8 Å². The van der Waals surface area contributed by atoms with E-state index < -0.39 is 5.41 Å². The van der Waals surface area contributed by atoms with E-state index in [1.807, 2.05) is 13.0 Å². The van der Waals surface area contributed by atoms with E-state index in [0.717, 1.165) is 48.5 Å². The summed E-state index contributed by atoms with van der Waals surface area (Å²) in [6.45, 7) is 6.42. The van der Waals surface area contributed by atoms with Crippen molar-refractivity contribution in [1.82, 2.24) is 4.90 Å². The first-order chi connectivity index (χ1) is 15.3. The third kappa shape index (κ3) is 4.14. The van der Waals surface area contributed by atoms with Gasteiger partial charge in [-0.1, -0.05) is 0 Å². The van der Waals surface area contributed by atoms with Crippen LogP contribution in [0.3, 0.4) is 0 Å². The van der Waals surface area contributed by atoms with Crippen molar-refractivity contribution in [1.29, 1.82) is 0 Å². The SMILES string of the molecule is COC(=O)CCc1cc(OC)c(O)c([C@@]23CCN(CC4CC4)C(C)C2CCC(=O)C3)c1C. The van der Waals surface area contributed by atoms with Crippen LogP contribution >= 0.6 is 0 Å². The molecule has 3 aliphatic rings. The molecule has 1 aliphatic heterocycles. The van der Waals surface area contributed by atoms with Crippen molar-refractivity contribution in [2.45, 2.75) is 76.7 Å². The summed E-state index contributed by atoms with van der Waals surface area (Å²) in [5.74, 6) is 1.73. The molecule has 2 unspecified atom stereocenters. The van der Waals surface area contributed by atoms with E-state index in [0.29, 0.717) is 37.0 Å². The highest BCUT2D eigenvalue weighted by Gasteiger charge is 2.53. The molecule has 3 fully saturated rings. The number of nitrogens with zero attached hydrogens (tertiary/aromatic N) is 1. The van der Waals surface area contributed by atoms with Crippen molar-refractivity contribution < 1.29 is 24.2 Å². The monoisotopic (exact) mass is 443 g/mol. The van der Waals surface area contributed by atoms with Crippen LogP contribution in [0.1, 0.15) is 68.6 Å². The number of aryl methyl sites for hydroxylation is 1. The van der Waals surface area contributed by atoms with Gasteiger partial charge in [-0.05, 0) is 81.5 Å². The number of phenols is 1. The summed E-state index contributed by atoms with van der Waals surface area (Å²) in [6.07, 6.45) is 6.25. The maximum atomic E-state index is 12.8. The topological polar surface area (TPSA) is 76.1 Å². The molecule has 0 spiro atoms. The number of rotatable bonds is 7. The number of hydrogen-bond acceptors (Lipinski definition) is 6. The minimum absolute atomic E-state index is 0.161. The fourth-order valence-corrected chi connectivity index (χ4v) is 6.39. The molecule has 6 heteroatoms. The van der Waals surface area contributed by atoms with Crippen molar-refractivity contribution in [2.24, 2.45) is 11.8 Å². The lowest BCUT2D eigenvalue weighted by molar-refractivity contribution is -0.140. The summed E-state index contributed by atoms with van der Waals surface area (Å²) in [4.78, 5) is 27.2. The first-order valence-electron chi connectivity index (χ1n) is 12.0. The number of piperidine rings is 1. The van der Waals surface area contributed by atoms with E-state index in [4.69, 9.17) is 9.47 Å². The fourth-order valence-electron chi connectivity index (χ4n) is 6.39. The highest BCUT2D eigenvalue weighted by molar-refractivity contribution is 5.82. The number of carbonyl (C=O) groups is 2. The molecule has 2 saturated carbocycles. The first kappa shape index (κ1) is 23.1. The summed E-state index contributed by atoms with van der Waals surface area (Å²) in [6, 6.07) is 2.19. The van der Waals surface area contributed by atoms with E-state index in [1.54, 1.807) is 7.11 Å². The molecular weight excluding hydrogens is 406 g/mol. The molecule has 0 amide bonds. The third-order valence-corrected chi connectivity index (χ3v) is 8.33. The Labute approximate surface area is 191 Å². The molecule has 0 radical (unpaired) electrons. The third-order valence-electron chi connectivity index (χ3n) is 8.33. The van der Waals surface area contributed by atoms with Crippen molar-refractivity contribution in [3.63, 3.8) is 0 Å². The molecule has 1 saturated heterocycles. The number of fused-ring (bicyclic) bond motifs is 1. The van der Waals surface area contributed by atoms with Gasteiger partial charge >= 0.3 is 5.97 Å². The lowest BCUT2D eigenvalue weighted by atomic mass is 9.55. The number of phenolic OH excluding ortho intramolecular Hbond substituents is 1. The Bertz CT molecular complexity index is 893. The molecule has 1 N–H and O–H groups in total. The number of hydrogen-bond donors (Lipinski definition) is 1. The highest BCUT2D eigenvalue weighted by atomic mass is 16.5. The van der Waals surface area contributed by atoms with Crippen LogP contribution in [0.4, 0.5) is 0 Å². The lowest BCUT2D eigenvalue weighted by Gasteiger charge is -2.55. The minimum Gasteiger partial charge on any atom is -0.504 e. The Hall–Kier alpha value is -2.08. The second-order valence-electron chi connectivity index (χ2n) is 10.1. The number of esters is 1. The van der Waals surface area contributed by atoms with Crippen molar-refractivity contribution >= 4 is 11.8 Å². The van der Waals surface area contributed by atoms with Crippen LogP contribution in [-0.4, -0.2) is 55.1 Å². The van der Waals surface area contributed by atoms with Crippen molar-refractivity contribution in [2.75, 3.05) is 27.3 Å². The van der Waals surface area contributed by atoms with E-state index in [9.17, 15) is 14.7 Å². The van der Waals surface area contributed by atoms with Gasteiger partial charge in [-0.3, -0.25) is 9.59 Å². The van der Waals surface area contributed by atoms with Gasteiger partial charge in [0.25, 0.3) is 0 Å².